The minimum atomic E-state index is 0.150. The van der Waals surface area contributed by atoms with E-state index >= 15 is 0 Å². The van der Waals surface area contributed by atoms with Crippen LogP contribution in [-0.4, -0.2) is 28.3 Å². The number of hydrogen-bond acceptors (Lipinski definition) is 3. The molecule has 0 atom stereocenters. The molecule has 0 radical (unpaired) electrons. The molecule has 2 rings (SSSR count). The van der Waals surface area contributed by atoms with Gasteiger partial charge in [-0.1, -0.05) is 0 Å². The van der Waals surface area contributed by atoms with Gasteiger partial charge in [0.25, 0.3) is 0 Å². The molecule has 0 aromatic carbocycles. The number of hydrogen-bond donors (Lipinski definition) is 1. The molecule has 2 heterocycles. The van der Waals surface area contributed by atoms with Crippen LogP contribution in [0.3, 0.4) is 0 Å². The lowest BCUT2D eigenvalue weighted by atomic mass is 10.1. The molecule has 0 amide bonds. The average Bonchev–Trinajstić information content (AvgIpc) is 2.75. The number of nitrogens with zero attached hydrogens (tertiary/aromatic N) is 3. The van der Waals surface area contributed by atoms with Crippen LogP contribution in [0.4, 0.5) is 0 Å². The average molecular weight is 236 g/mol. The van der Waals surface area contributed by atoms with Crippen molar-refractivity contribution >= 4 is 0 Å². The molecule has 4 nitrogen and oxygen atoms in total. The SMILES string of the molecule is CC(C)(C)NCc1cncn1N1CCCCC1. The highest BCUT2D eigenvalue weighted by molar-refractivity contribution is 5.05. The number of piperidine rings is 1. The lowest BCUT2D eigenvalue weighted by Gasteiger charge is -2.31. The van der Waals surface area contributed by atoms with E-state index in [-0.39, 0.29) is 5.54 Å². The molecule has 1 saturated heterocycles. The molecule has 17 heavy (non-hydrogen) atoms. The lowest BCUT2D eigenvalue weighted by molar-refractivity contribution is 0.406. The molecule has 1 aromatic rings. The van der Waals surface area contributed by atoms with Gasteiger partial charge in [0.2, 0.25) is 0 Å². The van der Waals surface area contributed by atoms with E-state index in [0.717, 1.165) is 19.6 Å². The van der Waals surface area contributed by atoms with Crippen LogP contribution in [0.25, 0.3) is 0 Å². The van der Waals surface area contributed by atoms with Crippen molar-refractivity contribution in [1.82, 2.24) is 15.0 Å². The van der Waals surface area contributed by atoms with Crippen LogP contribution in [0.15, 0.2) is 12.5 Å². The largest absolute Gasteiger partial charge is 0.312 e. The Labute approximate surface area is 104 Å². The standard InChI is InChI=1S/C13H24N4/c1-13(2,3)15-10-12-9-14-11-17(12)16-7-5-4-6-8-16/h9,11,15H,4-8,10H2,1-3H3. The van der Waals surface area contributed by atoms with Gasteiger partial charge >= 0.3 is 0 Å². The molecule has 96 valence electrons. The number of aromatic nitrogens is 2. The van der Waals surface area contributed by atoms with E-state index in [1.54, 1.807) is 0 Å². The Balaban J connectivity index is 2.00. The summed E-state index contributed by atoms with van der Waals surface area (Å²) >= 11 is 0. The molecule has 0 unspecified atom stereocenters. The predicted octanol–water partition coefficient (Wildman–Crippen LogP) is 1.89. The lowest BCUT2D eigenvalue weighted by Crippen LogP contribution is -2.41. The van der Waals surface area contributed by atoms with Crippen LogP contribution in [-0.2, 0) is 6.54 Å². The highest BCUT2D eigenvalue weighted by Crippen LogP contribution is 2.11. The van der Waals surface area contributed by atoms with E-state index in [0.29, 0.717) is 0 Å². The summed E-state index contributed by atoms with van der Waals surface area (Å²) in [5.41, 5.74) is 1.40. The monoisotopic (exact) mass is 236 g/mol. The summed E-state index contributed by atoms with van der Waals surface area (Å²) in [6, 6.07) is 0. The first kappa shape index (κ1) is 12.4. The summed E-state index contributed by atoms with van der Waals surface area (Å²) in [5, 5.41) is 5.92. The van der Waals surface area contributed by atoms with Gasteiger partial charge in [-0.2, -0.15) is 0 Å². The molecular weight excluding hydrogens is 212 g/mol. The minimum Gasteiger partial charge on any atom is -0.312 e. The molecular formula is C13H24N4. The second-order valence-corrected chi connectivity index (χ2v) is 5.85. The first-order valence-corrected chi connectivity index (χ1v) is 6.58. The van der Waals surface area contributed by atoms with Crippen LogP contribution in [0.5, 0.6) is 0 Å². The third-order valence-corrected chi connectivity index (χ3v) is 3.13. The van der Waals surface area contributed by atoms with Crippen molar-refractivity contribution in [2.24, 2.45) is 0 Å². The zero-order chi connectivity index (χ0) is 12.3. The molecule has 1 N–H and O–H groups in total. The van der Waals surface area contributed by atoms with Gasteiger partial charge in [-0.25, -0.2) is 9.66 Å². The van der Waals surface area contributed by atoms with Gasteiger partial charge < -0.3 is 10.3 Å². The Morgan fingerprint density at radius 3 is 2.59 bits per heavy atom. The summed E-state index contributed by atoms with van der Waals surface area (Å²) in [5.74, 6) is 0. The second-order valence-electron chi connectivity index (χ2n) is 5.85. The van der Waals surface area contributed by atoms with Crippen LogP contribution >= 0.6 is 0 Å². The molecule has 0 aliphatic carbocycles. The van der Waals surface area contributed by atoms with E-state index in [1.165, 1.54) is 25.0 Å². The van der Waals surface area contributed by atoms with Crippen molar-refractivity contribution in [3.63, 3.8) is 0 Å². The smallest absolute Gasteiger partial charge is 0.114 e. The van der Waals surface area contributed by atoms with Crippen molar-refractivity contribution in [2.75, 3.05) is 18.1 Å². The second kappa shape index (κ2) is 5.08. The van der Waals surface area contributed by atoms with Crippen LogP contribution in [0.1, 0.15) is 45.7 Å². The van der Waals surface area contributed by atoms with Crippen molar-refractivity contribution in [1.29, 1.82) is 0 Å². The van der Waals surface area contributed by atoms with Crippen LogP contribution in [0.2, 0.25) is 0 Å². The van der Waals surface area contributed by atoms with Crippen LogP contribution in [0, 0.1) is 0 Å². The molecule has 0 spiro atoms. The third kappa shape index (κ3) is 3.46. The number of imidazole rings is 1. The summed E-state index contributed by atoms with van der Waals surface area (Å²) in [7, 11) is 0. The first-order valence-electron chi connectivity index (χ1n) is 6.58. The number of rotatable bonds is 3. The fourth-order valence-electron chi connectivity index (χ4n) is 2.15. The molecule has 1 fully saturated rings. The van der Waals surface area contributed by atoms with E-state index in [2.05, 4.69) is 40.8 Å². The van der Waals surface area contributed by atoms with E-state index in [9.17, 15) is 0 Å². The number of nitrogens with one attached hydrogen (secondary N) is 1. The normalized spacial score (nSPS) is 17.5. The van der Waals surface area contributed by atoms with Gasteiger partial charge in [0.1, 0.15) is 6.33 Å². The van der Waals surface area contributed by atoms with Crippen LogP contribution < -0.4 is 10.3 Å². The van der Waals surface area contributed by atoms with Crippen molar-refractivity contribution in [3.8, 4) is 0 Å². The van der Waals surface area contributed by atoms with Gasteiger partial charge in [0.05, 0.1) is 11.9 Å². The van der Waals surface area contributed by atoms with Crippen molar-refractivity contribution in [3.05, 3.63) is 18.2 Å². The molecule has 4 heteroatoms. The quantitative estimate of drug-likeness (QED) is 0.870. The van der Waals surface area contributed by atoms with Crippen molar-refractivity contribution in [2.45, 2.75) is 52.1 Å². The zero-order valence-corrected chi connectivity index (χ0v) is 11.2. The van der Waals surface area contributed by atoms with Crippen molar-refractivity contribution < 1.29 is 0 Å². The zero-order valence-electron chi connectivity index (χ0n) is 11.2. The van der Waals surface area contributed by atoms with E-state index in [4.69, 9.17) is 0 Å². The molecule has 1 aliphatic rings. The Bertz CT molecular complexity index is 345. The maximum absolute atomic E-state index is 4.28. The fraction of sp³-hybridized carbons (Fsp3) is 0.769. The third-order valence-electron chi connectivity index (χ3n) is 3.13. The molecule has 1 aliphatic heterocycles. The summed E-state index contributed by atoms with van der Waals surface area (Å²) in [6.45, 7) is 9.75. The first-order chi connectivity index (χ1) is 8.06. The van der Waals surface area contributed by atoms with Gasteiger partial charge in [-0.05, 0) is 40.0 Å². The van der Waals surface area contributed by atoms with Gasteiger partial charge in [0.15, 0.2) is 0 Å². The minimum absolute atomic E-state index is 0.150. The van der Waals surface area contributed by atoms with Gasteiger partial charge in [-0.15, -0.1) is 0 Å². The van der Waals surface area contributed by atoms with Gasteiger partial charge in [0, 0.05) is 25.2 Å². The Kier molecular flexibility index (Phi) is 3.72. The predicted molar refractivity (Wildman–Crippen MR) is 70.6 cm³/mol. The highest BCUT2D eigenvalue weighted by atomic mass is 15.6. The Morgan fingerprint density at radius 2 is 1.94 bits per heavy atom. The van der Waals surface area contributed by atoms with E-state index < -0.39 is 0 Å². The summed E-state index contributed by atoms with van der Waals surface area (Å²) in [4.78, 5) is 4.28. The summed E-state index contributed by atoms with van der Waals surface area (Å²) < 4.78 is 2.22. The van der Waals surface area contributed by atoms with Gasteiger partial charge in [-0.3, -0.25) is 0 Å². The maximum Gasteiger partial charge on any atom is 0.114 e. The Hall–Kier alpha value is -1.03. The summed E-state index contributed by atoms with van der Waals surface area (Å²) in [6.07, 6.45) is 7.85. The Morgan fingerprint density at radius 1 is 1.24 bits per heavy atom. The fourth-order valence-corrected chi connectivity index (χ4v) is 2.15. The molecule has 0 bridgehead atoms. The van der Waals surface area contributed by atoms with E-state index in [1.807, 2.05) is 12.5 Å². The molecule has 1 aromatic heterocycles. The topological polar surface area (TPSA) is 33.1 Å². The molecule has 0 saturated carbocycles. The maximum atomic E-state index is 4.28. The highest BCUT2D eigenvalue weighted by Gasteiger charge is 2.15.